The predicted octanol–water partition coefficient (Wildman–Crippen LogP) is -2.79. The molecular formula is C30H34B2FI2N8Na3O20P2S7+. The molecule has 0 saturated carbocycles. The van der Waals surface area contributed by atoms with Gasteiger partial charge in [0.2, 0.25) is 9.84 Å². The molecule has 1 atom stereocenters. The molecular weight excluding hydrogens is 1440 g/mol. The van der Waals surface area contributed by atoms with E-state index in [4.69, 9.17) is 46.8 Å². The second-order valence-corrected chi connectivity index (χ2v) is 18.3. The van der Waals surface area contributed by atoms with Crippen LogP contribution >= 0.6 is 63.6 Å². The van der Waals surface area contributed by atoms with Crippen LogP contribution in [0.4, 0.5) is 4.32 Å². The average Bonchev–Trinajstić information content (AvgIpc) is 3.77. The maximum Gasteiger partial charge on any atom is 1.00 e. The predicted molar refractivity (Wildman–Crippen MR) is 280 cm³/mol. The molecule has 0 saturated heterocycles. The van der Waals surface area contributed by atoms with Gasteiger partial charge in [-0.3, -0.25) is 29.1 Å². The van der Waals surface area contributed by atoms with Gasteiger partial charge in [0.05, 0.1) is 19.8 Å². The number of nitrogens with zero attached hydrogens (tertiary/aromatic N) is 5. The van der Waals surface area contributed by atoms with E-state index in [-0.39, 0.29) is 118 Å². The van der Waals surface area contributed by atoms with Gasteiger partial charge in [0, 0.05) is 52.0 Å². The summed E-state index contributed by atoms with van der Waals surface area (Å²) >= 11 is 14.2. The van der Waals surface area contributed by atoms with Crippen molar-refractivity contribution in [3.8, 4) is 0 Å². The maximum absolute atomic E-state index is 12.6. The zero-order valence-corrected chi connectivity index (χ0v) is 56.8. The molecule has 0 amide bonds. The number of sulfone groups is 3. The molecule has 0 bridgehead atoms. The number of halogens is 3. The molecule has 1 unspecified atom stereocenters. The van der Waals surface area contributed by atoms with E-state index in [1.165, 1.54) is 72.8 Å². The van der Waals surface area contributed by atoms with Crippen molar-refractivity contribution in [2.24, 2.45) is 0 Å². The summed E-state index contributed by atoms with van der Waals surface area (Å²) in [7, 11) is -7.39. The third-order valence-electron chi connectivity index (χ3n) is 5.59. The first kappa shape index (κ1) is 93.6. The van der Waals surface area contributed by atoms with E-state index in [0.29, 0.717) is 12.3 Å². The van der Waals surface area contributed by atoms with Crippen LogP contribution < -0.4 is 98.7 Å². The Kier molecular flexibility index (Phi) is 76.0. The van der Waals surface area contributed by atoms with Crippen LogP contribution in [0.15, 0.2) is 156 Å². The number of aromatic nitrogens is 2. The summed E-state index contributed by atoms with van der Waals surface area (Å²) in [4.78, 5) is 31.9. The van der Waals surface area contributed by atoms with Crippen molar-refractivity contribution in [1.29, 1.82) is 10.3 Å². The van der Waals surface area contributed by atoms with Gasteiger partial charge < -0.3 is 35.8 Å². The molecule has 0 aliphatic carbocycles. The topological polar surface area (TPSA) is 458 Å². The summed E-state index contributed by atoms with van der Waals surface area (Å²) in [5.74, 6) is 4.61. The molecule has 0 fully saturated rings. The Morgan fingerprint density at radius 2 is 1.07 bits per heavy atom. The Hall–Kier alpha value is -0.740. The van der Waals surface area contributed by atoms with Crippen LogP contribution in [0.1, 0.15) is 0 Å². The van der Waals surface area contributed by atoms with Crippen LogP contribution in [0.5, 0.6) is 0 Å². The summed E-state index contributed by atoms with van der Waals surface area (Å²) in [6.07, 6.45) is 0. The number of rotatable bonds is 10. The van der Waals surface area contributed by atoms with Gasteiger partial charge >= 0.3 is 183 Å². The fourth-order valence-electron chi connectivity index (χ4n) is 3.40. The number of hydrogen-bond acceptors (Lipinski definition) is 25. The van der Waals surface area contributed by atoms with E-state index in [0.717, 1.165) is 20.2 Å². The van der Waals surface area contributed by atoms with E-state index in [2.05, 4.69) is 99.7 Å². The van der Waals surface area contributed by atoms with E-state index >= 15 is 0 Å². The standard InChI is InChI=1S/C14H10N2O6S2.C7H7NO4S.C6H6O2S.2CH3NO2.CH3O.B2FS.I2.HNO3.2HNPS.3Na/c17-16-14(24(20,21)12-9-5-2-6-10-12)13(15-22-16)23(18,19)11-7-3-1-4-8-11;9-8(10)6-13(11,12)7-4-2-1-3-5-7;7-9(8)6-4-2-1-3-5-6;1-3-4-2;1-2(3)4;1-2;3-1-2-4;1-2;2-1(3)4;2*1-2-3;;;/h1-10H;1-5H,6H2;1-5H,(H,7,8);2H,1H2;1H3;1H3;;;(H,2,3,4);2*1H;;;/q;;;-2;;-1;;;;5*+1/p-1. The van der Waals surface area contributed by atoms with Crippen LogP contribution in [-0.2, 0) is 74.1 Å². The Bertz CT molecular complexity index is 2690. The zero-order chi connectivity index (χ0) is 57.4. The first-order valence-corrected chi connectivity index (χ1v) is 32.9. The Balaban J connectivity index is -0.000000104. The van der Waals surface area contributed by atoms with Gasteiger partial charge in [-0.1, -0.05) is 72.8 Å². The van der Waals surface area contributed by atoms with Gasteiger partial charge in [0.15, 0.2) is 7.05 Å². The fourth-order valence-corrected chi connectivity index (χ4v) is 7.85. The van der Waals surface area contributed by atoms with Gasteiger partial charge in [-0.2, -0.15) is 14.2 Å². The third-order valence-corrected chi connectivity index (χ3v) is 11.4. The maximum atomic E-state index is 12.6. The minimum atomic E-state index is -4.43. The third kappa shape index (κ3) is 51.2. The van der Waals surface area contributed by atoms with Crippen molar-refractivity contribution in [2.45, 2.75) is 29.6 Å². The molecule has 0 aliphatic heterocycles. The molecule has 395 valence electrons. The molecule has 28 nitrogen and oxygen atoms in total. The van der Waals surface area contributed by atoms with Crippen LogP contribution in [-0.4, -0.2) is 92.8 Å². The summed E-state index contributed by atoms with van der Waals surface area (Å²) < 4.78 is 108. The number of nitro groups is 2. The molecule has 0 spiro atoms. The monoisotopic (exact) mass is 1480 g/mol. The molecule has 5 rings (SSSR count). The molecule has 5 aromatic rings. The van der Waals surface area contributed by atoms with Crippen molar-refractivity contribution < 1.29 is 172 Å². The minimum absolute atomic E-state index is 0. The van der Waals surface area contributed by atoms with Gasteiger partial charge in [0.1, 0.15) is 0 Å². The van der Waals surface area contributed by atoms with E-state index in [9.17, 15) is 53.7 Å². The second-order valence-electron chi connectivity index (χ2n) is 9.93. The zero-order valence-electron chi connectivity index (χ0n) is 38.9. The van der Waals surface area contributed by atoms with Gasteiger partial charge in [-0.05, 0) is 64.5 Å². The first-order valence-electron chi connectivity index (χ1n) is 16.6. The van der Waals surface area contributed by atoms with Crippen molar-refractivity contribution in [3.05, 3.63) is 170 Å². The molecule has 75 heavy (non-hydrogen) atoms. The van der Waals surface area contributed by atoms with Gasteiger partial charge in [-0.15, -0.1) is 10.1 Å². The smallest absolute Gasteiger partial charge is 0.768 e. The number of nitrogens with one attached hydrogen (secondary N) is 3. The first-order chi connectivity index (χ1) is 33.8. The molecule has 1 aromatic heterocycles. The summed E-state index contributed by atoms with van der Waals surface area (Å²) in [6, 6.07) is 30.5. The number of hydrogen-bond donors (Lipinski definition) is 3. The SMILES string of the molecule is C[N+](=O)[O-].C[O-].F[B]B=S.II.N=[P+]=S.N=[P+]=S.O=S(=O)(c1ccccc1)c1no[n+]([O-])c1S(=O)(=O)c1ccccc1.O=S([O-])c1ccccc1.O=[N+]([O-])CS(=O)(=O)c1ccccc1.O=[N+]([O-])O.[CH2-]OO[NH-].[Na+].[Na+].[Na+]. The minimum Gasteiger partial charge on any atom is -0.768 e. The van der Waals surface area contributed by atoms with Crippen LogP contribution in [0.25, 0.3) is 5.90 Å². The van der Waals surface area contributed by atoms with Crippen LogP contribution in [0.2, 0.25) is 0 Å². The summed E-state index contributed by atoms with van der Waals surface area (Å²) in [5, 5.41) is 65.6. The van der Waals surface area contributed by atoms with E-state index < -0.39 is 76.4 Å². The Labute approximate surface area is 540 Å². The van der Waals surface area contributed by atoms with E-state index in [1.54, 1.807) is 48.5 Å². The summed E-state index contributed by atoms with van der Waals surface area (Å²) in [6.45, 7) is 0. The average molecular weight is 1480 g/mol. The molecule has 4 N–H and O–H groups in total. The van der Waals surface area contributed by atoms with E-state index in [1.807, 2.05) is 0 Å². The Morgan fingerprint density at radius 3 is 1.31 bits per heavy atom. The van der Waals surface area contributed by atoms with Crippen molar-refractivity contribution >= 4 is 141 Å². The normalized spacial score (nSPS) is 9.13. The van der Waals surface area contributed by atoms with Crippen molar-refractivity contribution in [3.63, 3.8) is 0 Å². The second kappa shape index (κ2) is 60.9. The molecule has 1 radical (unpaired) electrons. The fraction of sp³-hybridized carbons (Fsp3) is 0.100. The quantitative estimate of drug-likeness (QED) is 0.0146. The van der Waals surface area contributed by atoms with Gasteiger partial charge in [0.25, 0.3) is 24.8 Å². The molecule has 45 heteroatoms. The van der Waals surface area contributed by atoms with Crippen molar-refractivity contribution in [1.82, 2.24) is 5.16 Å². The van der Waals surface area contributed by atoms with Gasteiger partial charge in [-0.25, -0.2) is 25.3 Å². The molecule has 1 heterocycles. The molecule has 0 aliphatic rings. The molecule has 4 aromatic carbocycles. The van der Waals surface area contributed by atoms with Crippen molar-refractivity contribution in [2.75, 3.05) is 20.0 Å². The van der Waals surface area contributed by atoms with Crippen LogP contribution in [0.3, 0.4) is 0 Å². The largest absolute Gasteiger partial charge is 1.00 e. The number of benzene rings is 4. The Morgan fingerprint density at radius 1 is 0.800 bits per heavy atom. The summed E-state index contributed by atoms with van der Waals surface area (Å²) in [5.41, 5.74) is 0. The van der Waals surface area contributed by atoms with Crippen LogP contribution in [0, 0.1) is 53.0 Å².